The maximum atomic E-state index is 11.0. The lowest BCUT2D eigenvalue weighted by Gasteiger charge is -2.09. The van der Waals surface area contributed by atoms with Crippen molar-refractivity contribution in [1.29, 1.82) is 0 Å². The molecule has 0 radical (unpaired) electrons. The predicted molar refractivity (Wildman–Crippen MR) is 59.1 cm³/mol. The summed E-state index contributed by atoms with van der Waals surface area (Å²) < 4.78 is 10.3. The summed E-state index contributed by atoms with van der Waals surface area (Å²) in [6.45, 7) is 0.184. The van der Waals surface area contributed by atoms with Gasteiger partial charge in [-0.3, -0.25) is 9.79 Å². The number of carbonyl (C=O) groups is 1. The molecule has 2 rings (SSSR count). The molecular weight excluding hydrogens is 208 g/mol. The molecule has 0 unspecified atom stereocenters. The quantitative estimate of drug-likeness (QED) is 0.810. The molecule has 0 aliphatic carbocycles. The third-order valence-corrected chi connectivity index (χ3v) is 2.30. The second kappa shape index (κ2) is 4.22. The summed E-state index contributed by atoms with van der Waals surface area (Å²) in [7, 11) is 3.14. The van der Waals surface area contributed by atoms with Gasteiger partial charge in [0.15, 0.2) is 11.5 Å². The van der Waals surface area contributed by atoms with Gasteiger partial charge < -0.3 is 14.8 Å². The molecule has 1 aromatic carbocycles. The first-order valence-corrected chi connectivity index (χ1v) is 4.81. The lowest BCUT2D eigenvalue weighted by atomic mass is 10.2. The Hall–Kier alpha value is -2.04. The van der Waals surface area contributed by atoms with Gasteiger partial charge in [0.2, 0.25) is 5.91 Å². The number of rotatable bonds is 3. The molecule has 1 aromatic rings. The molecule has 0 saturated carbocycles. The number of aliphatic imine (C=N–C) groups is 1. The minimum absolute atomic E-state index is 0.0928. The number of carbonyl (C=O) groups excluding carboxylic acids is 1. The molecule has 1 amide bonds. The van der Waals surface area contributed by atoms with E-state index >= 15 is 0 Å². The summed E-state index contributed by atoms with van der Waals surface area (Å²) in [5.74, 6) is 1.75. The van der Waals surface area contributed by atoms with Gasteiger partial charge in [0.25, 0.3) is 0 Å². The van der Waals surface area contributed by atoms with E-state index in [4.69, 9.17) is 9.47 Å². The minimum atomic E-state index is -0.0928. The highest BCUT2D eigenvalue weighted by atomic mass is 16.5. The first-order valence-electron chi connectivity index (χ1n) is 4.81. The second-order valence-electron chi connectivity index (χ2n) is 3.28. The Bertz CT molecular complexity index is 455. The number of amides is 1. The van der Waals surface area contributed by atoms with Crippen molar-refractivity contribution in [3.05, 3.63) is 23.8 Å². The van der Waals surface area contributed by atoms with E-state index in [2.05, 4.69) is 10.3 Å². The van der Waals surface area contributed by atoms with Crippen molar-refractivity contribution in [2.45, 2.75) is 0 Å². The van der Waals surface area contributed by atoms with Crippen LogP contribution in [0.4, 0.5) is 0 Å². The molecule has 1 heterocycles. The number of nitrogens with one attached hydrogen (secondary N) is 1. The van der Waals surface area contributed by atoms with Gasteiger partial charge in [-0.25, -0.2) is 0 Å². The molecule has 0 saturated heterocycles. The van der Waals surface area contributed by atoms with Crippen LogP contribution in [0.25, 0.3) is 0 Å². The monoisotopic (exact) mass is 220 g/mol. The normalized spacial score (nSPS) is 14.4. The van der Waals surface area contributed by atoms with E-state index in [1.165, 1.54) is 0 Å². The Labute approximate surface area is 93.1 Å². The Balaban J connectivity index is 2.33. The van der Waals surface area contributed by atoms with Gasteiger partial charge >= 0.3 is 0 Å². The summed E-state index contributed by atoms with van der Waals surface area (Å²) in [4.78, 5) is 15.1. The fraction of sp³-hybridized carbons (Fsp3) is 0.273. The van der Waals surface area contributed by atoms with Crippen molar-refractivity contribution < 1.29 is 14.3 Å². The highest BCUT2D eigenvalue weighted by Gasteiger charge is 2.16. The Morgan fingerprint density at radius 3 is 2.56 bits per heavy atom. The van der Waals surface area contributed by atoms with Gasteiger partial charge in [0, 0.05) is 5.56 Å². The van der Waals surface area contributed by atoms with Crippen LogP contribution in [0.5, 0.6) is 11.5 Å². The van der Waals surface area contributed by atoms with Crippen LogP contribution in [0, 0.1) is 0 Å². The number of nitrogens with zero attached hydrogens (tertiary/aromatic N) is 1. The van der Waals surface area contributed by atoms with Crippen LogP contribution in [0.1, 0.15) is 5.56 Å². The van der Waals surface area contributed by atoms with Crippen LogP contribution in [0.2, 0.25) is 0 Å². The molecular formula is C11H12N2O3. The number of hydrogen-bond acceptors (Lipinski definition) is 4. The summed E-state index contributed by atoms with van der Waals surface area (Å²) in [6.07, 6.45) is 0. The van der Waals surface area contributed by atoms with Gasteiger partial charge in [-0.1, -0.05) is 0 Å². The molecule has 1 aliphatic heterocycles. The summed E-state index contributed by atoms with van der Waals surface area (Å²) in [6, 6.07) is 5.39. The average molecular weight is 220 g/mol. The van der Waals surface area contributed by atoms with E-state index in [1.54, 1.807) is 26.4 Å². The van der Waals surface area contributed by atoms with Crippen molar-refractivity contribution >= 4 is 11.7 Å². The minimum Gasteiger partial charge on any atom is -0.493 e. The van der Waals surface area contributed by atoms with Gasteiger partial charge in [0.05, 0.1) is 14.2 Å². The van der Waals surface area contributed by atoms with Gasteiger partial charge in [-0.15, -0.1) is 0 Å². The van der Waals surface area contributed by atoms with Gasteiger partial charge in [-0.05, 0) is 18.2 Å². The van der Waals surface area contributed by atoms with Gasteiger partial charge in [0.1, 0.15) is 12.4 Å². The number of methoxy groups -OCH3 is 2. The maximum Gasteiger partial charge on any atom is 0.247 e. The predicted octanol–water partition coefficient (Wildman–Crippen LogP) is 0.580. The summed E-state index contributed by atoms with van der Waals surface area (Å²) in [5, 5.41) is 2.67. The van der Waals surface area contributed by atoms with Crippen LogP contribution in [0.3, 0.4) is 0 Å². The van der Waals surface area contributed by atoms with Crippen molar-refractivity contribution in [3.8, 4) is 11.5 Å². The Morgan fingerprint density at radius 1 is 1.25 bits per heavy atom. The highest BCUT2D eigenvalue weighted by Crippen LogP contribution is 2.27. The zero-order chi connectivity index (χ0) is 11.5. The van der Waals surface area contributed by atoms with Crippen LogP contribution in [-0.4, -0.2) is 32.5 Å². The lowest BCUT2D eigenvalue weighted by Crippen LogP contribution is -2.25. The molecule has 16 heavy (non-hydrogen) atoms. The number of ether oxygens (including phenoxy) is 2. The maximum absolute atomic E-state index is 11.0. The van der Waals surface area contributed by atoms with Crippen LogP contribution in [0.15, 0.2) is 23.2 Å². The first-order chi connectivity index (χ1) is 7.74. The van der Waals surface area contributed by atoms with E-state index < -0.39 is 0 Å². The fourth-order valence-electron chi connectivity index (χ4n) is 1.51. The van der Waals surface area contributed by atoms with E-state index in [0.717, 1.165) is 5.56 Å². The molecule has 1 aliphatic rings. The molecule has 0 bridgehead atoms. The standard InChI is InChI=1S/C11H12N2O3/c1-15-8-4-3-7(5-9(8)16-2)11-12-6-10(14)13-11/h3-5H,6H2,1-2H3,(H,12,13,14). The third-order valence-electron chi connectivity index (χ3n) is 2.30. The highest BCUT2D eigenvalue weighted by molar-refractivity contribution is 6.12. The second-order valence-corrected chi connectivity index (χ2v) is 3.28. The average Bonchev–Trinajstić information content (AvgIpc) is 2.75. The van der Waals surface area contributed by atoms with Crippen molar-refractivity contribution in [1.82, 2.24) is 5.32 Å². The van der Waals surface area contributed by atoms with E-state index in [-0.39, 0.29) is 12.5 Å². The first kappa shape index (κ1) is 10.5. The molecule has 1 N–H and O–H groups in total. The Morgan fingerprint density at radius 2 is 2.00 bits per heavy atom. The largest absolute Gasteiger partial charge is 0.493 e. The molecule has 0 atom stereocenters. The zero-order valence-corrected chi connectivity index (χ0v) is 9.11. The smallest absolute Gasteiger partial charge is 0.247 e. The van der Waals surface area contributed by atoms with Crippen LogP contribution in [-0.2, 0) is 4.79 Å². The topological polar surface area (TPSA) is 59.9 Å². The SMILES string of the molecule is COc1ccc(C2=NCC(=O)N2)cc1OC. The molecule has 0 aromatic heterocycles. The van der Waals surface area contributed by atoms with Gasteiger partial charge in [-0.2, -0.15) is 0 Å². The van der Waals surface area contributed by atoms with Crippen molar-refractivity contribution in [2.24, 2.45) is 4.99 Å². The molecule has 84 valence electrons. The van der Waals surface area contributed by atoms with E-state index in [1.807, 2.05) is 6.07 Å². The van der Waals surface area contributed by atoms with E-state index in [9.17, 15) is 4.79 Å². The number of benzene rings is 1. The lowest BCUT2D eigenvalue weighted by molar-refractivity contribution is -0.117. The molecule has 0 spiro atoms. The van der Waals surface area contributed by atoms with Crippen molar-refractivity contribution in [2.75, 3.05) is 20.8 Å². The third kappa shape index (κ3) is 1.84. The van der Waals surface area contributed by atoms with Crippen LogP contribution < -0.4 is 14.8 Å². The molecule has 0 fully saturated rings. The fourth-order valence-corrected chi connectivity index (χ4v) is 1.51. The van der Waals surface area contributed by atoms with Crippen LogP contribution >= 0.6 is 0 Å². The number of amidine groups is 1. The molecule has 5 nitrogen and oxygen atoms in total. The summed E-state index contributed by atoms with van der Waals surface area (Å²) >= 11 is 0. The van der Waals surface area contributed by atoms with E-state index in [0.29, 0.717) is 17.3 Å². The number of hydrogen-bond donors (Lipinski definition) is 1. The summed E-state index contributed by atoms with van der Waals surface area (Å²) in [5.41, 5.74) is 0.809. The van der Waals surface area contributed by atoms with Crippen molar-refractivity contribution in [3.63, 3.8) is 0 Å². The molecule has 5 heteroatoms. The Kier molecular flexibility index (Phi) is 2.76. The zero-order valence-electron chi connectivity index (χ0n) is 9.11.